The van der Waals surface area contributed by atoms with Crippen LogP contribution in [0.1, 0.15) is 31.0 Å². The second kappa shape index (κ2) is 10.2. The molecule has 0 heterocycles. The molecule has 2 unspecified atom stereocenters. The SMILES string of the molecule is COc1ccc(/C=C/C(=O)NC(C)C(=O)NC(C)c2ccccc2OC)cc1. The van der Waals surface area contributed by atoms with E-state index in [-0.39, 0.29) is 17.9 Å². The minimum Gasteiger partial charge on any atom is -0.497 e. The van der Waals surface area contributed by atoms with Crippen LogP contribution in [0.2, 0.25) is 0 Å². The standard InChI is InChI=1S/C22H26N2O4/c1-15(19-7-5-6-8-20(19)28-4)24-22(26)16(2)23-21(25)14-11-17-9-12-18(27-3)13-10-17/h5-16H,1-4H3,(H,23,25)(H,24,26)/b14-11+. The zero-order valence-corrected chi connectivity index (χ0v) is 16.6. The maximum atomic E-state index is 12.4. The third kappa shape index (κ3) is 5.87. The Morgan fingerprint density at radius 3 is 2.25 bits per heavy atom. The predicted octanol–water partition coefficient (Wildman–Crippen LogP) is 3.10. The Bertz CT molecular complexity index is 831. The Kier molecular flexibility index (Phi) is 7.63. The molecule has 0 radical (unpaired) electrons. The maximum Gasteiger partial charge on any atom is 0.244 e. The lowest BCUT2D eigenvalue weighted by atomic mass is 10.1. The first-order valence-electron chi connectivity index (χ1n) is 9.00. The number of ether oxygens (including phenoxy) is 2. The molecule has 2 N–H and O–H groups in total. The Balaban J connectivity index is 1.90. The molecule has 0 spiro atoms. The lowest BCUT2D eigenvalue weighted by Crippen LogP contribution is -2.45. The number of nitrogens with one attached hydrogen (secondary N) is 2. The fraction of sp³-hybridized carbons (Fsp3) is 0.273. The highest BCUT2D eigenvalue weighted by Crippen LogP contribution is 2.24. The first-order valence-corrected chi connectivity index (χ1v) is 9.00. The lowest BCUT2D eigenvalue weighted by Gasteiger charge is -2.20. The van der Waals surface area contributed by atoms with Gasteiger partial charge in [0.05, 0.1) is 20.3 Å². The summed E-state index contributed by atoms with van der Waals surface area (Å²) in [6.07, 6.45) is 3.08. The molecular formula is C22H26N2O4. The second-order valence-electron chi connectivity index (χ2n) is 6.31. The molecule has 2 amide bonds. The first-order chi connectivity index (χ1) is 13.4. The van der Waals surface area contributed by atoms with Crippen molar-refractivity contribution < 1.29 is 19.1 Å². The summed E-state index contributed by atoms with van der Waals surface area (Å²) >= 11 is 0. The van der Waals surface area contributed by atoms with Gasteiger partial charge in [0.15, 0.2) is 0 Å². The van der Waals surface area contributed by atoms with Gasteiger partial charge in [0.2, 0.25) is 11.8 Å². The topological polar surface area (TPSA) is 76.7 Å². The Labute approximate surface area is 165 Å². The van der Waals surface area contributed by atoms with Gasteiger partial charge < -0.3 is 20.1 Å². The van der Waals surface area contributed by atoms with Gasteiger partial charge in [0.1, 0.15) is 17.5 Å². The molecule has 28 heavy (non-hydrogen) atoms. The molecule has 0 saturated heterocycles. The molecule has 0 aliphatic carbocycles. The smallest absolute Gasteiger partial charge is 0.244 e. The number of benzene rings is 2. The molecular weight excluding hydrogens is 356 g/mol. The molecule has 0 bridgehead atoms. The summed E-state index contributed by atoms with van der Waals surface area (Å²) in [6, 6.07) is 13.9. The molecule has 148 valence electrons. The van der Waals surface area contributed by atoms with Crippen molar-refractivity contribution in [2.24, 2.45) is 0 Å². The molecule has 6 heteroatoms. The third-order valence-electron chi connectivity index (χ3n) is 4.26. The Hall–Kier alpha value is -3.28. The first kappa shape index (κ1) is 21.0. The number of para-hydroxylation sites is 1. The Morgan fingerprint density at radius 1 is 0.929 bits per heavy atom. The van der Waals surface area contributed by atoms with Crippen molar-refractivity contribution in [3.63, 3.8) is 0 Å². The maximum absolute atomic E-state index is 12.4. The zero-order chi connectivity index (χ0) is 20.5. The molecule has 0 aromatic heterocycles. The van der Waals surface area contributed by atoms with E-state index in [0.29, 0.717) is 5.75 Å². The van der Waals surface area contributed by atoms with Crippen LogP contribution in [0.5, 0.6) is 11.5 Å². The number of hydrogen-bond donors (Lipinski definition) is 2. The van der Waals surface area contributed by atoms with E-state index in [1.54, 1.807) is 27.2 Å². The summed E-state index contributed by atoms with van der Waals surface area (Å²) in [5.41, 5.74) is 1.73. The van der Waals surface area contributed by atoms with Crippen LogP contribution < -0.4 is 20.1 Å². The van der Waals surface area contributed by atoms with Gasteiger partial charge in [-0.1, -0.05) is 30.3 Å². The molecule has 2 aromatic rings. The number of rotatable bonds is 8. The van der Waals surface area contributed by atoms with Crippen LogP contribution in [-0.4, -0.2) is 32.1 Å². The van der Waals surface area contributed by atoms with Gasteiger partial charge in [-0.15, -0.1) is 0 Å². The van der Waals surface area contributed by atoms with Gasteiger partial charge in [-0.3, -0.25) is 9.59 Å². The van der Waals surface area contributed by atoms with Gasteiger partial charge in [0, 0.05) is 11.6 Å². The van der Waals surface area contributed by atoms with E-state index >= 15 is 0 Å². The molecule has 0 aliphatic rings. The van der Waals surface area contributed by atoms with E-state index < -0.39 is 6.04 Å². The lowest BCUT2D eigenvalue weighted by molar-refractivity contribution is -0.127. The van der Waals surface area contributed by atoms with E-state index in [9.17, 15) is 9.59 Å². The van der Waals surface area contributed by atoms with Crippen LogP contribution in [0.15, 0.2) is 54.6 Å². The third-order valence-corrected chi connectivity index (χ3v) is 4.26. The average molecular weight is 382 g/mol. The van der Waals surface area contributed by atoms with Crippen LogP contribution in [-0.2, 0) is 9.59 Å². The van der Waals surface area contributed by atoms with E-state index in [1.807, 2.05) is 55.5 Å². The normalized spacial score (nSPS) is 12.9. The van der Waals surface area contributed by atoms with Crippen molar-refractivity contribution in [1.29, 1.82) is 0 Å². The molecule has 0 aliphatic heterocycles. The number of carbonyl (C=O) groups excluding carboxylic acids is 2. The van der Waals surface area contributed by atoms with Crippen molar-refractivity contribution in [2.45, 2.75) is 25.9 Å². The van der Waals surface area contributed by atoms with Crippen LogP contribution >= 0.6 is 0 Å². The fourth-order valence-corrected chi connectivity index (χ4v) is 2.65. The average Bonchev–Trinajstić information content (AvgIpc) is 2.72. The van der Waals surface area contributed by atoms with Gasteiger partial charge in [0.25, 0.3) is 0 Å². The molecule has 2 atom stereocenters. The highest BCUT2D eigenvalue weighted by Gasteiger charge is 2.19. The zero-order valence-electron chi connectivity index (χ0n) is 16.6. The largest absolute Gasteiger partial charge is 0.497 e. The van der Waals surface area contributed by atoms with Crippen molar-refractivity contribution in [3.05, 3.63) is 65.7 Å². The summed E-state index contributed by atoms with van der Waals surface area (Å²) in [5.74, 6) is 0.832. The summed E-state index contributed by atoms with van der Waals surface area (Å²) < 4.78 is 10.4. The van der Waals surface area contributed by atoms with Crippen molar-refractivity contribution >= 4 is 17.9 Å². The number of hydrogen-bond acceptors (Lipinski definition) is 4. The summed E-state index contributed by atoms with van der Waals surface area (Å²) in [6.45, 7) is 3.51. The summed E-state index contributed by atoms with van der Waals surface area (Å²) in [4.78, 5) is 24.5. The van der Waals surface area contributed by atoms with Crippen molar-refractivity contribution in [3.8, 4) is 11.5 Å². The number of amides is 2. The van der Waals surface area contributed by atoms with E-state index in [4.69, 9.17) is 9.47 Å². The van der Waals surface area contributed by atoms with E-state index in [1.165, 1.54) is 6.08 Å². The Morgan fingerprint density at radius 2 is 1.61 bits per heavy atom. The monoisotopic (exact) mass is 382 g/mol. The van der Waals surface area contributed by atoms with Crippen molar-refractivity contribution in [1.82, 2.24) is 10.6 Å². The van der Waals surface area contributed by atoms with Gasteiger partial charge in [-0.05, 0) is 43.7 Å². The predicted molar refractivity (Wildman–Crippen MR) is 109 cm³/mol. The second-order valence-corrected chi connectivity index (χ2v) is 6.31. The summed E-state index contributed by atoms with van der Waals surface area (Å²) in [7, 11) is 3.19. The fourth-order valence-electron chi connectivity index (χ4n) is 2.65. The summed E-state index contributed by atoms with van der Waals surface area (Å²) in [5, 5.41) is 5.55. The molecule has 2 aromatic carbocycles. The molecule has 6 nitrogen and oxygen atoms in total. The van der Waals surface area contributed by atoms with Crippen LogP contribution in [0, 0.1) is 0 Å². The van der Waals surface area contributed by atoms with E-state index in [2.05, 4.69) is 10.6 Å². The van der Waals surface area contributed by atoms with Crippen LogP contribution in [0.25, 0.3) is 6.08 Å². The van der Waals surface area contributed by atoms with Gasteiger partial charge in [-0.2, -0.15) is 0 Å². The van der Waals surface area contributed by atoms with Gasteiger partial charge in [-0.25, -0.2) is 0 Å². The van der Waals surface area contributed by atoms with Crippen LogP contribution in [0.3, 0.4) is 0 Å². The van der Waals surface area contributed by atoms with Crippen LogP contribution in [0.4, 0.5) is 0 Å². The number of carbonyl (C=O) groups is 2. The molecule has 2 rings (SSSR count). The number of methoxy groups -OCH3 is 2. The van der Waals surface area contributed by atoms with Gasteiger partial charge >= 0.3 is 0 Å². The molecule has 0 saturated carbocycles. The highest BCUT2D eigenvalue weighted by molar-refractivity contribution is 5.95. The highest BCUT2D eigenvalue weighted by atomic mass is 16.5. The van der Waals surface area contributed by atoms with E-state index in [0.717, 1.165) is 16.9 Å². The van der Waals surface area contributed by atoms with Crippen molar-refractivity contribution in [2.75, 3.05) is 14.2 Å². The molecule has 0 fully saturated rings. The minimum absolute atomic E-state index is 0.252. The quantitative estimate of drug-likeness (QED) is 0.688. The minimum atomic E-state index is -0.676.